The first-order chi connectivity index (χ1) is 11.2. The van der Waals surface area contributed by atoms with E-state index in [2.05, 4.69) is 20.3 Å². The quantitative estimate of drug-likeness (QED) is 0.154. The molecular weight excluding hydrogens is 401 g/mol. The van der Waals surface area contributed by atoms with E-state index in [-0.39, 0.29) is 78.6 Å². The van der Waals surface area contributed by atoms with Gasteiger partial charge in [-0.15, -0.1) is 11.3 Å². The first-order valence-electron chi connectivity index (χ1n) is 6.63. The van der Waals surface area contributed by atoms with Gasteiger partial charge in [0, 0.05) is 5.38 Å². The molecule has 0 saturated carbocycles. The fourth-order valence-corrected chi connectivity index (χ4v) is 3.74. The zero-order valence-corrected chi connectivity index (χ0v) is 18.4. The Bertz CT molecular complexity index is 795. The van der Waals surface area contributed by atoms with Crippen LogP contribution >= 0.6 is 11.3 Å². The number of aromatic nitrogens is 1. The molecule has 3 N–H and O–H groups in total. The molecule has 1 saturated heterocycles. The van der Waals surface area contributed by atoms with Crippen LogP contribution in [0.4, 0.5) is 5.13 Å². The predicted molar refractivity (Wildman–Crippen MR) is 82.6 cm³/mol. The van der Waals surface area contributed by atoms with Gasteiger partial charge in [0.25, 0.3) is 11.8 Å². The minimum absolute atomic E-state index is 0. The maximum Gasteiger partial charge on any atom is 1.00 e. The molecule has 0 aromatic carbocycles. The van der Waals surface area contributed by atoms with E-state index in [1.807, 2.05) is 0 Å². The van der Waals surface area contributed by atoms with Gasteiger partial charge in [-0.25, -0.2) is 17.7 Å². The summed E-state index contributed by atoms with van der Waals surface area (Å²) in [7, 11) is -3.70. The number of hydrogen-bond acceptors (Lipinski definition) is 10. The molecular formula is C11H14KN5O6S2. The summed E-state index contributed by atoms with van der Waals surface area (Å²) in [6, 6.07) is -2.10. The largest absolute Gasteiger partial charge is 1.00 e. The molecule has 2 heterocycles. The molecule has 1 aromatic heterocycles. The number of oxime groups is 1. The SMILES string of the molecule is CC[C@@H]1[C@H](NC(=O)/C(=N/OC)c2csc(N)n2)C(=O)N1S(=O)(=O)[O-].[K+]. The molecule has 1 fully saturated rings. The summed E-state index contributed by atoms with van der Waals surface area (Å²) >= 11 is 1.08. The first-order valence-corrected chi connectivity index (χ1v) is 8.87. The molecule has 11 nitrogen and oxygen atoms in total. The van der Waals surface area contributed by atoms with E-state index in [0.717, 1.165) is 11.3 Å². The van der Waals surface area contributed by atoms with E-state index in [9.17, 15) is 22.6 Å². The van der Waals surface area contributed by atoms with Gasteiger partial charge in [0.05, 0.1) is 6.04 Å². The van der Waals surface area contributed by atoms with Crippen LogP contribution in [0.3, 0.4) is 0 Å². The Hall–Kier alpha value is -0.614. The second kappa shape index (κ2) is 8.85. The van der Waals surface area contributed by atoms with Gasteiger partial charge in [0.1, 0.15) is 18.8 Å². The number of carbonyl (C=O) groups excluding carboxylic acids is 2. The molecule has 1 aromatic rings. The van der Waals surface area contributed by atoms with E-state index < -0.39 is 34.2 Å². The van der Waals surface area contributed by atoms with Gasteiger partial charge in [0.2, 0.25) is 0 Å². The predicted octanol–water partition coefficient (Wildman–Crippen LogP) is -4.35. The van der Waals surface area contributed by atoms with Gasteiger partial charge in [0.15, 0.2) is 21.1 Å². The molecule has 132 valence electrons. The minimum atomic E-state index is -4.92. The Morgan fingerprint density at radius 1 is 1.60 bits per heavy atom. The molecule has 2 atom stereocenters. The number of anilines is 1. The van der Waals surface area contributed by atoms with Gasteiger partial charge in [-0.1, -0.05) is 12.1 Å². The summed E-state index contributed by atoms with van der Waals surface area (Å²) in [6.45, 7) is 1.58. The van der Waals surface area contributed by atoms with E-state index in [1.54, 1.807) is 6.92 Å². The van der Waals surface area contributed by atoms with Crippen LogP contribution in [0.2, 0.25) is 0 Å². The number of carbonyl (C=O) groups is 2. The van der Waals surface area contributed by atoms with Crippen molar-refractivity contribution in [3.05, 3.63) is 11.1 Å². The van der Waals surface area contributed by atoms with E-state index >= 15 is 0 Å². The Morgan fingerprint density at radius 2 is 2.24 bits per heavy atom. The van der Waals surface area contributed by atoms with E-state index in [4.69, 9.17) is 5.73 Å². The number of thiazole rings is 1. The number of hydrogen-bond donors (Lipinski definition) is 2. The number of rotatable bonds is 6. The van der Waals surface area contributed by atoms with Crippen molar-refractivity contribution in [3.63, 3.8) is 0 Å². The number of nitrogen functional groups attached to an aromatic ring is 1. The molecule has 25 heavy (non-hydrogen) atoms. The Kier molecular flexibility index (Phi) is 7.94. The van der Waals surface area contributed by atoms with Crippen LogP contribution in [-0.2, 0) is 24.7 Å². The molecule has 2 rings (SSSR count). The molecule has 0 radical (unpaired) electrons. The number of nitrogens with zero attached hydrogens (tertiary/aromatic N) is 3. The van der Waals surface area contributed by atoms with Gasteiger partial charge in [-0.2, -0.15) is 0 Å². The molecule has 0 aliphatic carbocycles. The van der Waals surface area contributed by atoms with Crippen molar-refractivity contribution in [3.8, 4) is 0 Å². The summed E-state index contributed by atoms with van der Waals surface area (Å²) in [6.07, 6.45) is 0.165. The van der Waals surface area contributed by atoms with Crippen molar-refractivity contribution < 1.29 is 78.8 Å². The smallest absolute Gasteiger partial charge is 0.731 e. The normalized spacial score (nSPS) is 20.5. The number of nitrogens with two attached hydrogens (primary N) is 1. The zero-order chi connectivity index (χ0) is 18.1. The van der Waals surface area contributed by atoms with Crippen LogP contribution in [0, 0.1) is 0 Å². The third kappa shape index (κ3) is 4.76. The molecule has 1 aliphatic heterocycles. The fraction of sp³-hybridized carbons (Fsp3) is 0.455. The number of β-lactam (4-membered cyclic amide) rings is 1. The molecule has 1 aliphatic rings. The average molecular weight is 415 g/mol. The van der Waals surface area contributed by atoms with Crippen molar-refractivity contribution >= 4 is 44.3 Å². The maximum absolute atomic E-state index is 12.3. The van der Waals surface area contributed by atoms with Crippen LogP contribution in [0.5, 0.6) is 0 Å². The van der Waals surface area contributed by atoms with Crippen molar-refractivity contribution in [2.75, 3.05) is 12.8 Å². The molecule has 0 bridgehead atoms. The van der Waals surface area contributed by atoms with Crippen LogP contribution in [-0.4, -0.2) is 59.0 Å². The third-order valence-corrected chi connectivity index (χ3v) is 4.88. The zero-order valence-electron chi connectivity index (χ0n) is 13.6. The van der Waals surface area contributed by atoms with Crippen molar-refractivity contribution in [1.82, 2.24) is 14.6 Å². The first kappa shape index (κ1) is 22.4. The van der Waals surface area contributed by atoms with Crippen LogP contribution < -0.4 is 62.4 Å². The molecule has 14 heteroatoms. The van der Waals surface area contributed by atoms with Crippen LogP contribution in [0.25, 0.3) is 0 Å². The van der Waals surface area contributed by atoms with Crippen molar-refractivity contribution in [2.24, 2.45) is 5.16 Å². The fourth-order valence-electron chi connectivity index (χ4n) is 2.26. The Balaban J connectivity index is 0.00000312. The average Bonchev–Trinajstić information content (AvgIpc) is 2.91. The standard InChI is InChI=1S/C11H15N5O6S2.K/c1-3-6-8(10(18)16(6)24(19,20)21)14-9(17)7(15-22-2)5-4-23-11(12)13-5;/h4,6,8H,3H2,1-2H3,(H2,12,13)(H,14,17)(H,19,20,21);/q;+1/p-1/b15-7+;/t6-,8+;/m1./s1. The van der Waals surface area contributed by atoms with Crippen molar-refractivity contribution in [2.45, 2.75) is 25.4 Å². The third-order valence-electron chi connectivity index (χ3n) is 3.28. The summed E-state index contributed by atoms with van der Waals surface area (Å²) in [5.41, 5.74) is 5.42. The topological polar surface area (TPSA) is 167 Å². The second-order valence-corrected chi connectivity index (χ2v) is 6.85. The molecule has 0 spiro atoms. The van der Waals surface area contributed by atoms with Crippen LogP contribution in [0.1, 0.15) is 19.0 Å². The summed E-state index contributed by atoms with van der Waals surface area (Å²) in [5, 5.41) is 7.57. The Morgan fingerprint density at radius 3 is 2.68 bits per heavy atom. The summed E-state index contributed by atoms with van der Waals surface area (Å²) in [5.74, 6) is -1.80. The number of amides is 2. The Labute approximate surface area is 190 Å². The summed E-state index contributed by atoms with van der Waals surface area (Å²) < 4.78 is 33.4. The van der Waals surface area contributed by atoms with E-state index in [1.165, 1.54) is 12.5 Å². The summed E-state index contributed by atoms with van der Waals surface area (Å²) in [4.78, 5) is 32.7. The minimum Gasteiger partial charge on any atom is -0.731 e. The monoisotopic (exact) mass is 415 g/mol. The van der Waals surface area contributed by atoms with Crippen molar-refractivity contribution in [1.29, 1.82) is 0 Å². The molecule has 0 unspecified atom stereocenters. The van der Waals surface area contributed by atoms with Gasteiger partial charge >= 0.3 is 51.4 Å². The molecule has 2 amide bonds. The van der Waals surface area contributed by atoms with Gasteiger partial charge in [-0.3, -0.25) is 9.59 Å². The van der Waals surface area contributed by atoms with Crippen LogP contribution in [0.15, 0.2) is 10.5 Å². The van der Waals surface area contributed by atoms with E-state index in [0.29, 0.717) is 0 Å². The van der Waals surface area contributed by atoms with Gasteiger partial charge < -0.3 is 20.4 Å². The maximum atomic E-state index is 12.3. The van der Waals surface area contributed by atoms with Gasteiger partial charge in [-0.05, 0) is 6.42 Å². The number of nitrogens with one attached hydrogen (secondary N) is 1. The second-order valence-electron chi connectivity index (χ2n) is 4.71.